The van der Waals surface area contributed by atoms with E-state index in [4.69, 9.17) is 23.6 Å². The molecule has 1 heterocycles. The summed E-state index contributed by atoms with van der Waals surface area (Å²) in [6.45, 7) is 3.28. The summed E-state index contributed by atoms with van der Waals surface area (Å²) in [5.74, 6) is 18.0. The van der Waals surface area contributed by atoms with E-state index in [9.17, 15) is 43.9 Å². The standard InChI is InChI=1S/C31H29N11O14S4/c1-14-7-21(24(8-15(14)2)59(49,50)55-34)36-29-38-30(40-31(44)39-29)37-22-13-19(57(45,46)53-32)10-17-11-25(60(51,52)56-35)27(28(43)26(17)22)42-41-18-9-16-5-3-4-6-20(16)23(12-18)58(47,48)54-33/h3-13,43H,32-35H2,1-2H3,(H3,36,37,38,39,40,44). The van der Waals surface area contributed by atoms with Gasteiger partial charge in [0.05, 0.1) is 22.0 Å². The molecule has 0 saturated carbocycles. The largest absolute Gasteiger partial charge is 0.505 e. The van der Waals surface area contributed by atoms with Gasteiger partial charge in [0.15, 0.2) is 5.75 Å². The molecule has 12 N–H and O–H groups in total. The minimum atomic E-state index is -5.03. The number of aryl methyl sites for hydroxylation is 2. The first kappa shape index (κ1) is 43.5. The molecule has 0 aliphatic rings. The van der Waals surface area contributed by atoms with E-state index in [1.165, 1.54) is 30.3 Å². The Kier molecular flexibility index (Phi) is 11.7. The van der Waals surface area contributed by atoms with Crippen molar-refractivity contribution >= 4 is 96.7 Å². The molecule has 0 spiro atoms. The number of nitrogens with one attached hydrogen (secondary N) is 2. The third-order valence-electron chi connectivity index (χ3n) is 8.51. The third-order valence-corrected chi connectivity index (χ3v) is 12.9. The molecule has 0 fully saturated rings. The lowest BCUT2D eigenvalue weighted by Gasteiger charge is -2.16. The SMILES string of the molecule is Cc1cc(Nc2nc(O)nc(Nc3cc(S(=O)(=O)ON)cc4cc(S(=O)(=O)ON)c(N=Nc5cc(S(=O)(=O)ON)c6ccccc6c5)c(O)c34)n2)c(S(=O)(=O)ON)cc1C. The first-order chi connectivity index (χ1) is 28.1. The van der Waals surface area contributed by atoms with Crippen LogP contribution in [0.1, 0.15) is 11.1 Å². The van der Waals surface area contributed by atoms with Crippen molar-refractivity contribution in [3.8, 4) is 11.8 Å². The fraction of sp³-hybridized carbons (Fsp3) is 0.0645. The van der Waals surface area contributed by atoms with Gasteiger partial charge in [-0.3, -0.25) is 0 Å². The summed E-state index contributed by atoms with van der Waals surface area (Å²) in [5, 5.41) is 35.0. The summed E-state index contributed by atoms with van der Waals surface area (Å²) in [5.41, 5.74) is -0.577. The Morgan fingerprint density at radius 1 is 0.583 bits per heavy atom. The van der Waals surface area contributed by atoms with Crippen molar-refractivity contribution in [3.63, 3.8) is 0 Å². The second-order valence-electron chi connectivity index (χ2n) is 12.2. The van der Waals surface area contributed by atoms with E-state index in [1.54, 1.807) is 26.0 Å². The minimum absolute atomic E-state index is 0.158. The molecule has 0 atom stereocenters. The highest BCUT2D eigenvalue weighted by atomic mass is 32.2. The van der Waals surface area contributed by atoms with Crippen LogP contribution >= 0.6 is 0 Å². The molecule has 0 bridgehead atoms. The Hall–Kier alpha value is -6.09. The van der Waals surface area contributed by atoms with Crippen molar-refractivity contribution in [1.29, 1.82) is 0 Å². The molecule has 0 amide bonds. The van der Waals surface area contributed by atoms with E-state index in [0.717, 1.165) is 24.3 Å². The van der Waals surface area contributed by atoms with Gasteiger partial charge in [0, 0.05) is 10.8 Å². The minimum Gasteiger partial charge on any atom is -0.505 e. The summed E-state index contributed by atoms with van der Waals surface area (Å²) in [6.07, 6.45) is 0. The molecule has 1 aromatic heterocycles. The lowest BCUT2D eigenvalue weighted by atomic mass is 10.1. The van der Waals surface area contributed by atoms with Gasteiger partial charge in [-0.2, -0.15) is 94.5 Å². The van der Waals surface area contributed by atoms with E-state index >= 15 is 0 Å². The van der Waals surface area contributed by atoms with E-state index in [-0.39, 0.29) is 22.1 Å². The van der Waals surface area contributed by atoms with Gasteiger partial charge < -0.3 is 20.8 Å². The van der Waals surface area contributed by atoms with Gasteiger partial charge in [-0.1, -0.05) is 24.3 Å². The number of hydrogen-bond acceptors (Lipinski definition) is 25. The van der Waals surface area contributed by atoms with Crippen molar-refractivity contribution < 1.29 is 61.0 Å². The summed E-state index contributed by atoms with van der Waals surface area (Å²) >= 11 is 0. The normalized spacial score (nSPS) is 12.7. The van der Waals surface area contributed by atoms with E-state index in [0.29, 0.717) is 16.5 Å². The van der Waals surface area contributed by atoms with Crippen molar-refractivity contribution in [1.82, 2.24) is 15.0 Å². The van der Waals surface area contributed by atoms with Crippen LogP contribution in [-0.4, -0.2) is 58.8 Å². The van der Waals surface area contributed by atoms with Crippen LogP contribution in [0, 0.1) is 13.8 Å². The van der Waals surface area contributed by atoms with Gasteiger partial charge in [-0.25, -0.2) is 0 Å². The van der Waals surface area contributed by atoms with Crippen LogP contribution < -0.4 is 34.2 Å². The van der Waals surface area contributed by atoms with Crippen molar-refractivity contribution in [2.75, 3.05) is 10.6 Å². The topological polar surface area (TPSA) is 405 Å². The highest BCUT2D eigenvalue weighted by molar-refractivity contribution is 7.87. The third kappa shape index (κ3) is 8.49. The van der Waals surface area contributed by atoms with E-state index < -0.39 is 100 Å². The average Bonchev–Trinajstić information content (AvgIpc) is 3.20. The molecule has 316 valence electrons. The molecule has 0 aliphatic carbocycles. The predicted octanol–water partition coefficient (Wildman–Crippen LogP) is 2.42. The molecular formula is C31H29N11O14S4. The molecule has 6 rings (SSSR count). The summed E-state index contributed by atoms with van der Waals surface area (Å²) in [7, 11) is -18.9. The predicted molar refractivity (Wildman–Crippen MR) is 208 cm³/mol. The van der Waals surface area contributed by atoms with Gasteiger partial charge in [0.1, 0.15) is 20.4 Å². The van der Waals surface area contributed by atoms with Crippen LogP contribution in [0.4, 0.5) is 34.6 Å². The lowest BCUT2D eigenvalue weighted by Crippen LogP contribution is -2.14. The molecule has 29 heteroatoms. The van der Waals surface area contributed by atoms with Crippen LogP contribution in [0.3, 0.4) is 0 Å². The Balaban J connectivity index is 1.57. The number of nitrogens with zero attached hydrogens (tertiary/aromatic N) is 5. The van der Waals surface area contributed by atoms with Gasteiger partial charge >= 0.3 is 46.5 Å². The summed E-state index contributed by atoms with van der Waals surface area (Å²) < 4.78 is 119. The van der Waals surface area contributed by atoms with Crippen LogP contribution in [0.5, 0.6) is 11.8 Å². The van der Waals surface area contributed by atoms with Crippen LogP contribution in [0.15, 0.2) is 96.5 Å². The van der Waals surface area contributed by atoms with Crippen molar-refractivity contribution in [2.45, 2.75) is 33.4 Å². The number of fused-ring (bicyclic) bond motifs is 2. The summed E-state index contributed by atoms with van der Waals surface area (Å²) in [6, 6.07) is 12.6. The number of phenolic OH excluding ortho intramolecular Hbond substituents is 1. The molecule has 6 aromatic rings. The first-order valence-electron chi connectivity index (χ1n) is 16.1. The molecule has 25 nitrogen and oxygen atoms in total. The quantitative estimate of drug-likeness (QED) is 0.0574. The molecule has 5 aromatic carbocycles. The van der Waals surface area contributed by atoms with Gasteiger partial charge in [0.25, 0.3) is 0 Å². The monoisotopic (exact) mass is 907 g/mol. The number of hydrogen-bond donors (Lipinski definition) is 8. The van der Waals surface area contributed by atoms with E-state index in [2.05, 4.69) is 52.9 Å². The second-order valence-corrected chi connectivity index (χ2v) is 18.4. The number of aromatic hydroxyl groups is 2. The number of azo groups is 1. The molecule has 60 heavy (non-hydrogen) atoms. The Bertz CT molecular complexity index is 3230. The lowest BCUT2D eigenvalue weighted by molar-refractivity contribution is 0.332. The maximum absolute atomic E-state index is 13.1. The Morgan fingerprint density at radius 2 is 1.15 bits per heavy atom. The number of anilines is 4. The second kappa shape index (κ2) is 16.2. The van der Waals surface area contributed by atoms with Crippen LogP contribution in [-0.2, 0) is 57.6 Å². The maximum Gasteiger partial charge on any atom is 0.320 e. The molecular weight excluding hydrogens is 879 g/mol. The number of rotatable bonds is 14. The average molecular weight is 908 g/mol. The molecule has 0 radical (unpaired) electrons. The smallest absolute Gasteiger partial charge is 0.320 e. The van der Waals surface area contributed by atoms with Gasteiger partial charge in [-0.15, -0.1) is 5.11 Å². The van der Waals surface area contributed by atoms with Crippen LogP contribution in [0.2, 0.25) is 0 Å². The summed E-state index contributed by atoms with van der Waals surface area (Å²) in [4.78, 5) is 9.00. The van der Waals surface area contributed by atoms with Crippen molar-refractivity contribution in [2.24, 2.45) is 33.8 Å². The zero-order valence-electron chi connectivity index (χ0n) is 30.3. The fourth-order valence-electron chi connectivity index (χ4n) is 5.65. The highest BCUT2D eigenvalue weighted by Crippen LogP contribution is 2.46. The highest BCUT2D eigenvalue weighted by Gasteiger charge is 2.29. The Morgan fingerprint density at radius 3 is 1.78 bits per heavy atom. The number of aromatic nitrogens is 3. The van der Waals surface area contributed by atoms with Crippen LogP contribution in [0.25, 0.3) is 21.5 Å². The first-order valence-corrected chi connectivity index (χ1v) is 21.7. The van der Waals surface area contributed by atoms with E-state index in [1.807, 2.05) is 0 Å². The number of benzene rings is 5. The maximum atomic E-state index is 13.1. The molecule has 0 saturated heterocycles. The molecule has 0 aliphatic heterocycles. The van der Waals surface area contributed by atoms with Crippen molar-refractivity contribution in [3.05, 3.63) is 77.9 Å². The molecule has 0 unspecified atom stereocenters. The van der Waals surface area contributed by atoms with Gasteiger partial charge in [0.2, 0.25) is 11.9 Å². The fourth-order valence-corrected chi connectivity index (χ4v) is 8.67. The zero-order valence-corrected chi connectivity index (χ0v) is 33.6. The zero-order chi connectivity index (χ0) is 43.9. The Labute approximate surface area is 338 Å². The number of nitrogens with two attached hydrogens (primary N) is 4. The van der Waals surface area contributed by atoms with Gasteiger partial charge in [-0.05, 0) is 78.2 Å². The number of phenols is 1.